The lowest BCUT2D eigenvalue weighted by Crippen LogP contribution is -2.47. The van der Waals surface area contributed by atoms with E-state index in [1.54, 1.807) is 24.3 Å². The van der Waals surface area contributed by atoms with Crippen molar-refractivity contribution in [3.05, 3.63) is 64.7 Å². The maximum absolute atomic E-state index is 15.7. The fraction of sp³-hybridized carbons (Fsp3) is 0.500. The van der Waals surface area contributed by atoms with E-state index in [0.717, 1.165) is 48.2 Å². The molecule has 0 radical (unpaired) electrons. The number of nitrogens with zero attached hydrogens (tertiary/aromatic N) is 5. The van der Waals surface area contributed by atoms with E-state index in [-0.39, 0.29) is 11.4 Å². The molecule has 2 aromatic carbocycles. The Labute approximate surface area is 237 Å². The van der Waals surface area contributed by atoms with Crippen LogP contribution in [0.3, 0.4) is 0 Å². The third-order valence-corrected chi connectivity index (χ3v) is 8.72. The zero-order chi connectivity index (χ0) is 28.0. The molecule has 3 aromatic rings. The van der Waals surface area contributed by atoms with Gasteiger partial charge in [-0.15, -0.1) is 0 Å². The molecule has 3 fully saturated rings. The van der Waals surface area contributed by atoms with E-state index in [2.05, 4.69) is 14.9 Å². The van der Waals surface area contributed by atoms with Crippen molar-refractivity contribution in [3.8, 4) is 11.1 Å². The number of piperidine rings is 1. The zero-order valence-corrected chi connectivity index (χ0v) is 23.4. The summed E-state index contributed by atoms with van der Waals surface area (Å²) in [5.74, 6) is 0.541. The van der Waals surface area contributed by atoms with E-state index in [4.69, 9.17) is 11.6 Å². The summed E-state index contributed by atoms with van der Waals surface area (Å²) in [5.41, 5.74) is 2.12. The Morgan fingerprint density at radius 3 is 2.38 bits per heavy atom. The molecule has 10 heteroatoms. The first-order valence-corrected chi connectivity index (χ1v) is 14.5. The van der Waals surface area contributed by atoms with Crippen molar-refractivity contribution in [3.63, 3.8) is 0 Å². The number of benzene rings is 2. The second-order valence-electron chi connectivity index (χ2n) is 11.4. The van der Waals surface area contributed by atoms with Crippen molar-refractivity contribution >= 4 is 23.0 Å². The number of rotatable bonds is 6. The van der Waals surface area contributed by atoms with Crippen molar-refractivity contribution in [2.45, 2.75) is 44.8 Å². The first kappa shape index (κ1) is 27.4. The number of hydrogen-bond donors (Lipinski definition) is 0. The van der Waals surface area contributed by atoms with Crippen molar-refractivity contribution in [2.75, 3.05) is 55.6 Å². The molecule has 1 unspecified atom stereocenters. The molecule has 0 bridgehead atoms. The van der Waals surface area contributed by atoms with Gasteiger partial charge in [0.1, 0.15) is 11.5 Å². The lowest BCUT2D eigenvalue weighted by Gasteiger charge is -2.37. The van der Waals surface area contributed by atoms with Gasteiger partial charge in [-0.25, -0.2) is 4.39 Å². The average Bonchev–Trinajstić information content (AvgIpc) is 3.65. The second-order valence-corrected chi connectivity index (χ2v) is 11.9. The van der Waals surface area contributed by atoms with Crippen molar-refractivity contribution in [1.82, 2.24) is 14.7 Å². The highest BCUT2D eigenvalue weighted by Crippen LogP contribution is 2.40. The molecule has 1 aromatic heterocycles. The molecular formula is C30H34ClF4N5. The highest BCUT2D eigenvalue weighted by molar-refractivity contribution is 6.31. The van der Waals surface area contributed by atoms with E-state index in [9.17, 15) is 13.2 Å². The first-order chi connectivity index (χ1) is 19.2. The predicted octanol–water partition coefficient (Wildman–Crippen LogP) is 7.04. The van der Waals surface area contributed by atoms with Gasteiger partial charge < -0.3 is 9.80 Å². The summed E-state index contributed by atoms with van der Waals surface area (Å²) >= 11 is 6.38. The zero-order valence-electron chi connectivity index (χ0n) is 22.6. The van der Waals surface area contributed by atoms with Crippen LogP contribution in [0.15, 0.2) is 42.6 Å². The highest BCUT2D eigenvalue weighted by Gasteiger charge is 2.39. The monoisotopic (exact) mass is 575 g/mol. The number of hydrogen-bond acceptors (Lipinski definition) is 4. The quantitative estimate of drug-likeness (QED) is 0.295. The molecule has 1 aliphatic carbocycles. The van der Waals surface area contributed by atoms with Crippen LogP contribution in [0, 0.1) is 18.7 Å². The summed E-state index contributed by atoms with van der Waals surface area (Å²) in [4.78, 5) is 6.75. The summed E-state index contributed by atoms with van der Waals surface area (Å²) in [7, 11) is 0. The van der Waals surface area contributed by atoms with Crippen LogP contribution in [0.4, 0.5) is 28.9 Å². The van der Waals surface area contributed by atoms with E-state index >= 15 is 4.39 Å². The summed E-state index contributed by atoms with van der Waals surface area (Å²) in [5, 5.41) is 4.59. The molecule has 0 N–H and O–H groups in total. The molecule has 1 atom stereocenters. The Balaban J connectivity index is 1.24. The summed E-state index contributed by atoms with van der Waals surface area (Å²) in [6.45, 7) is 7.29. The van der Waals surface area contributed by atoms with Crippen molar-refractivity contribution < 1.29 is 17.6 Å². The molecule has 40 heavy (non-hydrogen) atoms. The van der Waals surface area contributed by atoms with Gasteiger partial charge in [-0.1, -0.05) is 17.7 Å². The Hall–Kier alpha value is -2.78. The van der Waals surface area contributed by atoms with Crippen LogP contribution in [0.25, 0.3) is 11.1 Å². The molecule has 214 valence electrons. The smallest absolute Gasteiger partial charge is 0.369 e. The maximum atomic E-state index is 15.7. The van der Waals surface area contributed by atoms with Gasteiger partial charge in [-0.2, -0.15) is 18.3 Å². The fourth-order valence-electron chi connectivity index (χ4n) is 6.22. The van der Waals surface area contributed by atoms with Gasteiger partial charge in [-0.3, -0.25) is 9.58 Å². The number of anilines is 2. The second kappa shape index (κ2) is 10.9. The minimum Gasteiger partial charge on any atom is -0.369 e. The molecule has 3 aliphatic rings. The molecule has 0 amide bonds. The maximum Gasteiger partial charge on any atom is 0.433 e. The summed E-state index contributed by atoms with van der Waals surface area (Å²) < 4.78 is 58.2. The normalized spacial score (nSPS) is 20.8. The van der Waals surface area contributed by atoms with E-state index < -0.39 is 17.9 Å². The van der Waals surface area contributed by atoms with Gasteiger partial charge in [-0.05, 0) is 74.4 Å². The third kappa shape index (κ3) is 5.68. The lowest BCUT2D eigenvalue weighted by molar-refractivity contribution is -0.145. The number of halogens is 5. The molecule has 6 rings (SSSR count). The van der Waals surface area contributed by atoms with Crippen LogP contribution in [-0.2, 0) is 6.18 Å². The van der Waals surface area contributed by atoms with Gasteiger partial charge in [0.25, 0.3) is 0 Å². The number of aryl methyl sites for hydroxylation is 1. The molecule has 5 nitrogen and oxygen atoms in total. The minimum absolute atomic E-state index is 0.111. The van der Waals surface area contributed by atoms with Gasteiger partial charge in [0.2, 0.25) is 0 Å². The summed E-state index contributed by atoms with van der Waals surface area (Å²) in [6, 6.07) is 10.2. The standard InChI is InChI=1S/C30H34ClF4N5/c1-20-17-36-40(29(20)30(33,34)35)24-3-2-10-39(19-24)28-15-22(31)6-8-26(28)25-9-7-23(16-27(25)32)38-13-11-37(12-14-38)18-21-4-5-21/h6-9,15-17,21,24H,2-5,10-14,18-19H2,1H3. The van der Waals surface area contributed by atoms with Gasteiger partial charge in [0.15, 0.2) is 0 Å². The Kier molecular flexibility index (Phi) is 7.46. The molecule has 0 spiro atoms. The number of piperazine rings is 1. The lowest BCUT2D eigenvalue weighted by atomic mass is 9.98. The van der Waals surface area contributed by atoms with Gasteiger partial charge >= 0.3 is 6.18 Å². The Morgan fingerprint density at radius 2 is 1.68 bits per heavy atom. The Bertz CT molecular complexity index is 1360. The largest absolute Gasteiger partial charge is 0.433 e. The molecule has 2 aliphatic heterocycles. The van der Waals surface area contributed by atoms with Crippen LogP contribution >= 0.6 is 11.6 Å². The Morgan fingerprint density at radius 1 is 0.925 bits per heavy atom. The van der Waals surface area contributed by atoms with Gasteiger partial charge in [0, 0.05) is 73.3 Å². The highest BCUT2D eigenvalue weighted by atomic mass is 35.5. The van der Waals surface area contributed by atoms with Crippen LogP contribution in [0.2, 0.25) is 5.02 Å². The summed E-state index contributed by atoms with van der Waals surface area (Å²) in [6.07, 6.45) is 0.730. The minimum atomic E-state index is -4.49. The average molecular weight is 576 g/mol. The predicted molar refractivity (Wildman–Crippen MR) is 151 cm³/mol. The van der Waals surface area contributed by atoms with Crippen LogP contribution in [0.1, 0.15) is 43.0 Å². The molecular weight excluding hydrogens is 542 g/mol. The first-order valence-electron chi connectivity index (χ1n) is 14.1. The SMILES string of the molecule is Cc1cnn(C2CCCN(c3cc(Cl)ccc3-c3ccc(N4CCN(CC5CC5)CC4)cc3F)C2)c1C(F)(F)F. The van der Waals surface area contributed by atoms with Gasteiger partial charge in [0.05, 0.1) is 12.2 Å². The molecule has 3 heterocycles. The van der Waals surface area contributed by atoms with Crippen molar-refractivity contribution in [2.24, 2.45) is 5.92 Å². The van der Waals surface area contributed by atoms with Crippen molar-refractivity contribution in [1.29, 1.82) is 0 Å². The van der Waals surface area contributed by atoms with Crippen LogP contribution in [0.5, 0.6) is 0 Å². The van der Waals surface area contributed by atoms with Crippen LogP contribution < -0.4 is 9.80 Å². The van der Waals surface area contributed by atoms with E-state index in [1.165, 1.54) is 32.5 Å². The topological polar surface area (TPSA) is 27.5 Å². The van der Waals surface area contributed by atoms with E-state index in [0.29, 0.717) is 42.1 Å². The fourth-order valence-corrected chi connectivity index (χ4v) is 6.39. The van der Waals surface area contributed by atoms with Crippen LogP contribution in [-0.4, -0.2) is 60.5 Å². The van der Waals surface area contributed by atoms with E-state index in [1.807, 2.05) is 17.0 Å². The molecule has 2 saturated heterocycles. The third-order valence-electron chi connectivity index (χ3n) is 8.48. The molecule has 1 saturated carbocycles. The number of aromatic nitrogens is 2. The number of alkyl halides is 3.